The molecule has 3 N–H and O–H groups in total. The van der Waals surface area contributed by atoms with E-state index < -0.39 is 60.9 Å². The van der Waals surface area contributed by atoms with Crippen LogP contribution >= 0.6 is 19.3 Å². The molecule has 41 heavy (non-hydrogen) atoms. The van der Waals surface area contributed by atoms with E-state index in [9.17, 15) is 23.7 Å². The molecule has 226 valence electrons. The third-order valence-corrected chi connectivity index (χ3v) is 7.98. The van der Waals surface area contributed by atoms with Gasteiger partial charge >= 0.3 is 25.5 Å². The van der Waals surface area contributed by atoms with E-state index in [2.05, 4.69) is 20.1 Å². The van der Waals surface area contributed by atoms with E-state index in [4.69, 9.17) is 30.1 Å². The van der Waals surface area contributed by atoms with E-state index in [0.29, 0.717) is 0 Å². The topological polar surface area (TPSA) is 176 Å². The Labute approximate surface area is 241 Å². The summed E-state index contributed by atoms with van der Waals surface area (Å²) < 4.78 is 42.1. The number of nitrogens with one attached hydrogen (secondary N) is 3. The van der Waals surface area contributed by atoms with Crippen LogP contribution in [0, 0.1) is 5.92 Å². The number of esters is 1. The van der Waals surface area contributed by atoms with Gasteiger partial charge in [0, 0.05) is 18.3 Å². The van der Waals surface area contributed by atoms with Crippen LogP contribution in [0.25, 0.3) is 0 Å². The average Bonchev–Trinajstić information content (AvgIpc) is 3.29. The summed E-state index contributed by atoms with van der Waals surface area (Å²) in [6.45, 7) is 4.62. The van der Waals surface area contributed by atoms with Crippen molar-refractivity contribution in [1.29, 1.82) is 0 Å². The molecule has 16 heteroatoms. The Hall–Kier alpha value is -3.16. The van der Waals surface area contributed by atoms with Crippen LogP contribution in [0.3, 0.4) is 0 Å². The lowest BCUT2D eigenvalue weighted by molar-refractivity contribution is -0.147. The fourth-order valence-corrected chi connectivity index (χ4v) is 5.80. The van der Waals surface area contributed by atoms with E-state index in [1.807, 2.05) is 0 Å². The van der Waals surface area contributed by atoms with Crippen molar-refractivity contribution in [3.8, 4) is 5.75 Å². The van der Waals surface area contributed by atoms with E-state index in [1.165, 1.54) is 19.4 Å². The van der Waals surface area contributed by atoms with Crippen molar-refractivity contribution < 1.29 is 37.4 Å². The van der Waals surface area contributed by atoms with E-state index in [0.717, 1.165) is 4.57 Å². The van der Waals surface area contributed by atoms with Crippen molar-refractivity contribution in [1.82, 2.24) is 20.0 Å². The molecule has 1 aliphatic heterocycles. The Morgan fingerprint density at radius 3 is 2.54 bits per heavy atom. The predicted octanol–water partition coefficient (Wildman–Crippen LogP) is 2.54. The van der Waals surface area contributed by atoms with Crippen molar-refractivity contribution in [2.75, 3.05) is 20.3 Å². The maximum absolute atomic E-state index is 13.8. The molecule has 1 aromatic heterocycles. The van der Waals surface area contributed by atoms with E-state index >= 15 is 0 Å². The number of nitrogens with zero attached hydrogens (tertiary/aromatic N) is 1. The zero-order valence-electron chi connectivity index (χ0n) is 23.0. The number of methoxy groups -OCH3 is 1. The van der Waals surface area contributed by atoms with E-state index in [1.54, 1.807) is 51.1 Å². The fourth-order valence-electron chi connectivity index (χ4n) is 3.86. The fraction of sp³-hybridized carbons (Fsp3) is 0.520. The predicted molar refractivity (Wildman–Crippen MR) is 148 cm³/mol. The molecule has 2 heterocycles. The van der Waals surface area contributed by atoms with Crippen molar-refractivity contribution in [3.05, 3.63) is 63.4 Å². The second kappa shape index (κ2) is 14.6. The van der Waals surface area contributed by atoms with Gasteiger partial charge in [-0.2, -0.15) is 0 Å². The maximum atomic E-state index is 13.8. The van der Waals surface area contributed by atoms with Crippen LogP contribution in [0.5, 0.6) is 5.75 Å². The number of hydrogen-bond donors (Lipinski definition) is 3. The maximum Gasteiger partial charge on any atom is 0.459 e. The van der Waals surface area contributed by atoms with Gasteiger partial charge in [-0.3, -0.25) is 18.9 Å². The molecule has 0 bridgehead atoms. The van der Waals surface area contributed by atoms with Crippen molar-refractivity contribution >= 4 is 31.4 Å². The minimum absolute atomic E-state index is 0.222. The van der Waals surface area contributed by atoms with Crippen LogP contribution in [0.2, 0.25) is 0 Å². The van der Waals surface area contributed by atoms with Crippen LogP contribution < -0.4 is 26.2 Å². The van der Waals surface area contributed by atoms with Crippen molar-refractivity contribution in [2.24, 2.45) is 5.92 Å². The summed E-state index contributed by atoms with van der Waals surface area (Å²) in [4.78, 5) is 49.9. The first kappa shape index (κ1) is 32.4. The molecule has 0 radical (unpaired) electrons. The number of ether oxygens (including phenoxy) is 3. The van der Waals surface area contributed by atoms with Gasteiger partial charge in [0.25, 0.3) is 5.56 Å². The number of carbonyl (C=O) groups is 2. The number of halogens is 1. The normalized spacial score (nSPS) is 21.5. The van der Waals surface area contributed by atoms with Crippen molar-refractivity contribution in [3.63, 3.8) is 0 Å². The zero-order chi connectivity index (χ0) is 30.2. The van der Waals surface area contributed by atoms with Crippen LogP contribution in [0.1, 0.15) is 33.4 Å². The molecule has 0 spiro atoms. The smallest absolute Gasteiger partial charge is 0.459 e. The number of alkyl halides is 1. The number of H-pyrrole nitrogens is 1. The number of rotatable bonds is 13. The minimum atomic E-state index is -4.08. The highest BCUT2D eigenvalue weighted by atomic mass is 35.5. The van der Waals surface area contributed by atoms with Gasteiger partial charge < -0.3 is 24.1 Å². The summed E-state index contributed by atoms with van der Waals surface area (Å²) in [5, 5.41) is 4.53. The molecular weight excluding hydrogens is 583 g/mol. The second-order valence-electron chi connectivity index (χ2n) is 9.63. The van der Waals surface area contributed by atoms with Gasteiger partial charge in [-0.25, -0.2) is 24.0 Å². The van der Waals surface area contributed by atoms with Gasteiger partial charge in [0.1, 0.15) is 18.4 Å². The first-order valence-electron chi connectivity index (χ1n) is 12.8. The number of hydrogen-bond acceptors (Lipinski definition) is 10. The highest BCUT2D eigenvalue weighted by molar-refractivity contribution is 7.52. The van der Waals surface area contributed by atoms with Gasteiger partial charge in [0.2, 0.25) is 0 Å². The summed E-state index contributed by atoms with van der Waals surface area (Å²) in [5.41, 5.74) is -1.24. The number of amides is 1. The molecule has 2 aromatic rings. The minimum Gasteiger partial charge on any atom is -0.462 e. The molecule has 0 saturated carbocycles. The number of alkyl carbamates (subject to hydrolysis) is 1. The van der Waals surface area contributed by atoms with Crippen LogP contribution in [0.4, 0.5) is 4.79 Å². The molecule has 1 aromatic carbocycles. The number of aromatic nitrogens is 2. The molecule has 2 unspecified atom stereocenters. The Morgan fingerprint density at radius 2 is 1.90 bits per heavy atom. The van der Waals surface area contributed by atoms with Gasteiger partial charge in [-0.15, -0.1) is 11.6 Å². The summed E-state index contributed by atoms with van der Waals surface area (Å²) in [5.74, 6) is -0.724. The van der Waals surface area contributed by atoms with Gasteiger partial charge in [0.05, 0.1) is 25.2 Å². The number of aromatic amines is 1. The molecule has 14 nitrogen and oxygen atoms in total. The Kier molecular flexibility index (Phi) is 11.6. The van der Waals surface area contributed by atoms with Crippen LogP contribution in [0.15, 0.2) is 52.2 Å². The standard InChI is InChI=1S/C25H34ClN4O10P/c1-15(2)21(28-25(34)36-4)23(32)37-13-16(3)29-41(35,40-17-8-6-5-7-9-17)38-14-18-12-19(26)22(39-18)30-11-10-20(31)27-24(30)33/h5-11,15-16,18-19,21-22H,12-14H2,1-4H3,(H,28,34)(H,29,35)(H,27,31,33)/t16-,18-,19-,21?,22+,41?/m0/s1. The highest BCUT2D eigenvalue weighted by Crippen LogP contribution is 2.46. The summed E-state index contributed by atoms with van der Waals surface area (Å²) in [7, 11) is -2.90. The molecule has 0 aliphatic carbocycles. The molecule has 3 rings (SSSR count). The number of carbonyl (C=O) groups excluding carboxylic acids is 2. The first-order chi connectivity index (χ1) is 19.4. The van der Waals surface area contributed by atoms with Crippen LogP contribution in [-0.2, 0) is 28.1 Å². The lowest BCUT2D eigenvalue weighted by atomic mass is 10.1. The van der Waals surface area contributed by atoms with Gasteiger partial charge in [-0.1, -0.05) is 32.0 Å². The molecule has 6 atom stereocenters. The third-order valence-electron chi connectivity index (χ3n) is 5.89. The molecule has 1 fully saturated rings. The molecular formula is C25H34ClN4O10P. The van der Waals surface area contributed by atoms with E-state index in [-0.39, 0.29) is 31.3 Å². The van der Waals surface area contributed by atoms with Crippen molar-refractivity contribution in [2.45, 2.75) is 57.0 Å². The molecule has 1 amide bonds. The number of benzene rings is 1. The Morgan fingerprint density at radius 1 is 1.20 bits per heavy atom. The number of para-hydroxylation sites is 1. The zero-order valence-corrected chi connectivity index (χ0v) is 24.6. The first-order valence-corrected chi connectivity index (χ1v) is 14.8. The Bertz CT molecular complexity index is 1340. The van der Waals surface area contributed by atoms with Gasteiger partial charge in [0.15, 0.2) is 6.23 Å². The van der Waals surface area contributed by atoms with Gasteiger partial charge in [-0.05, 0) is 31.4 Å². The summed E-state index contributed by atoms with van der Waals surface area (Å²) in [6, 6.07) is 7.83. The average molecular weight is 617 g/mol. The lowest BCUT2D eigenvalue weighted by Gasteiger charge is -2.25. The SMILES string of the molecule is COC(=O)NC(C(=O)OC[C@H](C)NP(=O)(OC[C@@H]1C[C@H](Cl)[C@H](n2ccc(=O)[nH]c2=O)O1)Oc1ccccc1)C(C)C. The third kappa shape index (κ3) is 9.44. The molecule has 1 saturated heterocycles. The summed E-state index contributed by atoms with van der Waals surface area (Å²) in [6.07, 6.45) is -0.798. The Balaban J connectivity index is 1.65. The quantitative estimate of drug-likeness (QED) is 0.171. The monoisotopic (exact) mass is 616 g/mol. The molecule has 1 aliphatic rings. The van der Waals surface area contributed by atoms with Crippen LogP contribution in [-0.4, -0.2) is 65.5 Å². The largest absolute Gasteiger partial charge is 0.462 e. The lowest BCUT2D eigenvalue weighted by Crippen LogP contribution is -2.46. The second-order valence-corrected chi connectivity index (χ2v) is 11.9. The summed E-state index contributed by atoms with van der Waals surface area (Å²) >= 11 is 6.41. The highest BCUT2D eigenvalue weighted by Gasteiger charge is 2.39.